The number of rotatable bonds is 7. The van der Waals surface area contributed by atoms with E-state index in [1.54, 1.807) is 0 Å². The normalized spacial score (nSPS) is 15.4. The first-order valence-corrected chi connectivity index (χ1v) is 7.49. The molecule has 0 atom stereocenters. The number of hydrogen-bond acceptors (Lipinski definition) is 3. The van der Waals surface area contributed by atoms with Crippen LogP contribution in [0.5, 0.6) is 0 Å². The molecule has 2 rings (SSSR count). The molecule has 1 aliphatic rings. The van der Waals surface area contributed by atoms with Crippen molar-refractivity contribution < 1.29 is 4.79 Å². The predicted octanol–water partition coefficient (Wildman–Crippen LogP) is 1.51. The molecule has 1 aliphatic heterocycles. The van der Waals surface area contributed by atoms with Crippen molar-refractivity contribution in [3.63, 3.8) is 0 Å². The third kappa shape index (κ3) is 4.94. The van der Waals surface area contributed by atoms with E-state index < -0.39 is 0 Å². The fourth-order valence-electron chi connectivity index (χ4n) is 2.49. The first-order chi connectivity index (χ1) is 9.78. The maximum absolute atomic E-state index is 11.5. The van der Waals surface area contributed by atoms with E-state index in [0.717, 1.165) is 18.7 Å². The molecule has 1 heterocycles. The van der Waals surface area contributed by atoms with Crippen LogP contribution in [0.4, 0.5) is 0 Å². The van der Waals surface area contributed by atoms with Gasteiger partial charge in [0.2, 0.25) is 5.91 Å². The van der Waals surface area contributed by atoms with Crippen LogP contribution in [0.3, 0.4) is 0 Å². The lowest BCUT2D eigenvalue weighted by Crippen LogP contribution is -2.26. The van der Waals surface area contributed by atoms with Gasteiger partial charge in [-0.05, 0) is 44.1 Å². The van der Waals surface area contributed by atoms with E-state index in [2.05, 4.69) is 39.8 Å². The summed E-state index contributed by atoms with van der Waals surface area (Å²) in [7, 11) is 1.85. The van der Waals surface area contributed by atoms with Gasteiger partial charge in [-0.2, -0.15) is 0 Å². The maximum Gasteiger partial charge on any atom is 0.221 e. The molecule has 1 aromatic rings. The maximum atomic E-state index is 11.5. The summed E-state index contributed by atoms with van der Waals surface area (Å²) < 4.78 is 0. The molecule has 1 aromatic carbocycles. The van der Waals surface area contributed by atoms with Gasteiger partial charge < -0.3 is 10.6 Å². The lowest BCUT2D eigenvalue weighted by molar-refractivity contribution is -0.121. The van der Waals surface area contributed by atoms with Crippen molar-refractivity contribution in [1.29, 1.82) is 0 Å². The zero-order chi connectivity index (χ0) is 14.2. The Morgan fingerprint density at radius 3 is 2.45 bits per heavy atom. The van der Waals surface area contributed by atoms with E-state index in [-0.39, 0.29) is 5.91 Å². The van der Waals surface area contributed by atoms with Gasteiger partial charge in [0, 0.05) is 26.1 Å². The Morgan fingerprint density at radius 2 is 1.80 bits per heavy atom. The Balaban J connectivity index is 1.74. The Kier molecular flexibility index (Phi) is 6.02. The van der Waals surface area contributed by atoms with Crippen molar-refractivity contribution in [2.24, 2.45) is 0 Å². The number of likely N-dealkylation sites (tertiary alicyclic amines) is 1. The second-order valence-corrected chi connectivity index (χ2v) is 5.43. The Labute approximate surface area is 121 Å². The first-order valence-electron chi connectivity index (χ1n) is 7.49. The molecule has 0 aromatic heterocycles. The van der Waals surface area contributed by atoms with Gasteiger partial charge in [-0.25, -0.2) is 0 Å². The minimum Gasteiger partial charge on any atom is -0.352 e. The molecule has 4 heteroatoms. The number of carbonyl (C=O) groups excluding carboxylic acids is 1. The predicted molar refractivity (Wildman–Crippen MR) is 81.3 cm³/mol. The SMILES string of the molecule is CNCCC(=O)NCc1ccc(CN2CCCC2)cc1. The molecule has 1 saturated heterocycles. The van der Waals surface area contributed by atoms with E-state index in [1.807, 2.05) is 7.05 Å². The first kappa shape index (κ1) is 15.0. The summed E-state index contributed by atoms with van der Waals surface area (Å²) in [6.07, 6.45) is 3.19. The molecule has 110 valence electrons. The zero-order valence-corrected chi connectivity index (χ0v) is 12.3. The van der Waals surface area contributed by atoms with Crippen LogP contribution in [0, 0.1) is 0 Å². The summed E-state index contributed by atoms with van der Waals surface area (Å²) in [6.45, 7) is 4.84. The third-order valence-electron chi connectivity index (χ3n) is 3.72. The molecule has 4 nitrogen and oxygen atoms in total. The third-order valence-corrected chi connectivity index (χ3v) is 3.72. The number of amides is 1. The average molecular weight is 275 g/mol. The number of nitrogens with one attached hydrogen (secondary N) is 2. The van der Waals surface area contributed by atoms with Crippen LogP contribution in [-0.2, 0) is 17.9 Å². The summed E-state index contributed by atoms with van der Waals surface area (Å²) in [5.41, 5.74) is 2.52. The van der Waals surface area contributed by atoms with Crippen LogP contribution >= 0.6 is 0 Å². The fourth-order valence-corrected chi connectivity index (χ4v) is 2.49. The van der Waals surface area contributed by atoms with E-state index >= 15 is 0 Å². The molecule has 1 amide bonds. The Morgan fingerprint density at radius 1 is 1.15 bits per heavy atom. The van der Waals surface area contributed by atoms with E-state index in [4.69, 9.17) is 0 Å². The fraction of sp³-hybridized carbons (Fsp3) is 0.562. The van der Waals surface area contributed by atoms with Crippen molar-refractivity contribution in [3.05, 3.63) is 35.4 Å². The quantitative estimate of drug-likeness (QED) is 0.793. The van der Waals surface area contributed by atoms with E-state index in [1.165, 1.54) is 31.5 Å². The highest BCUT2D eigenvalue weighted by Crippen LogP contribution is 2.13. The van der Waals surface area contributed by atoms with Crippen LogP contribution < -0.4 is 10.6 Å². The highest BCUT2D eigenvalue weighted by atomic mass is 16.1. The largest absolute Gasteiger partial charge is 0.352 e. The van der Waals surface area contributed by atoms with Gasteiger partial charge >= 0.3 is 0 Å². The van der Waals surface area contributed by atoms with Gasteiger partial charge in [0.05, 0.1) is 0 Å². The minimum atomic E-state index is 0.0977. The lowest BCUT2D eigenvalue weighted by atomic mass is 10.1. The Hall–Kier alpha value is -1.39. The standard InChI is InChI=1S/C16H25N3O/c1-17-9-8-16(20)18-12-14-4-6-15(7-5-14)13-19-10-2-3-11-19/h4-7,17H,2-3,8-13H2,1H3,(H,18,20). The van der Waals surface area contributed by atoms with Gasteiger partial charge in [-0.1, -0.05) is 24.3 Å². The summed E-state index contributed by atoms with van der Waals surface area (Å²) >= 11 is 0. The second-order valence-electron chi connectivity index (χ2n) is 5.43. The molecular formula is C16H25N3O. The zero-order valence-electron chi connectivity index (χ0n) is 12.3. The number of benzene rings is 1. The molecule has 0 radical (unpaired) electrons. The van der Waals surface area contributed by atoms with Crippen molar-refractivity contribution >= 4 is 5.91 Å². The minimum absolute atomic E-state index is 0.0977. The average Bonchev–Trinajstić information content (AvgIpc) is 2.97. The van der Waals surface area contributed by atoms with Crippen LogP contribution in [-0.4, -0.2) is 37.5 Å². The lowest BCUT2D eigenvalue weighted by Gasteiger charge is -2.14. The van der Waals surface area contributed by atoms with Gasteiger partial charge in [-0.15, -0.1) is 0 Å². The smallest absolute Gasteiger partial charge is 0.221 e. The van der Waals surface area contributed by atoms with E-state index in [9.17, 15) is 4.79 Å². The molecule has 20 heavy (non-hydrogen) atoms. The van der Waals surface area contributed by atoms with Crippen molar-refractivity contribution in [2.45, 2.75) is 32.4 Å². The van der Waals surface area contributed by atoms with Gasteiger partial charge in [0.25, 0.3) is 0 Å². The summed E-state index contributed by atoms with van der Waals surface area (Å²) in [6, 6.07) is 8.58. The topological polar surface area (TPSA) is 44.4 Å². The van der Waals surface area contributed by atoms with Crippen LogP contribution in [0.2, 0.25) is 0 Å². The summed E-state index contributed by atoms with van der Waals surface area (Å²) in [5.74, 6) is 0.0977. The summed E-state index contributed by atoms with van der Waals surface area (Å²) in [5, 5.41) is 5.91. The van der Waals surface area contributed by atoms with E-state index in [0.29, 0.717) is 13.0 Å². The van der Waals surface area contributed by atoms with Gasteiger partial charge in [0.15, 0.2) is 0 Å². The highest BCUT2D eigenvalue weighted by molar-refractivity contribution is 5.76. The second kappa shape index (κ2) is 8.02. The van der Waals surface area contributed by atoms with Crippen LogP contribution in [0.15, 0.2) is 24.3 Å². The molecule has 0 aliphatic carbocycles. The molecule has 0 spiro atoms. The molecular weight excluding hydrogens is 250 g/mol. The Bertz CT molecular complexity index is 410. The number of hydrogen-bond donors (Lipinski definition) is 2. The molecule has 2 N–H and O–H groups in total. The van der Waals surface area contributed by atoms with Gasteiger partial charge in [0.1, 0.15) is 0 Å². The molecule has 0 saturated carbocycles. The highest BCUT2D eigenvalue weighted by Gasteiger charge is 2.11. The molecule has 1 fully saturated rings. The monoisotopic (exact) mass is 275 g/mol. The van der Waals surface area contributed by atoms with Crippen molar-refractivity contribution in [3.8, 4) is 0 Å². The van der Waals surface area contributed by atoms with Crippen LogP contribution in [0.1, 0.15) is 30.4 Å². The number of nitrogens with zero attached hydrogens (tertiary/aromatic N) is 1. The van der Waals surface area contributed by atoms with Crippen molar-refractivity contribution in [1.82, 2.24) is 15.5 Å². The molecule has 0 bridgehead atoms. The number of carbonyl (C=O) groups is 1. The van der Waals surface area contributed by atoms with Gasteiger partial charge in [-0.3, -0.25) is 9.69 Å². The molecule has 0 unspecified atom stereocenters. The summed E-state index contributed by atoms with van der Waals surface area (Å²) in [4.78, 5) is 14.0. The van der Waals surface area contributed by atoms with Crippen molar-refractivity contribution in [2.75, 3.05) is 26.7 Å². The van der Waals surface area contributed by atoms with Crippen LogP contribution in [0.25, 0.3) is 0 Å².